The molecule has 0 spiro atoms. The fraction of sp³-hybridized carbons (Fsp3) is 0.314. The van der Waals surface area contributed by atoms with Gasteiger partial charge in [-0.25, -0.2) is 4.98 Å². The molecular weight excluding hydrogens is 536 g/mol. The van der Waals surface area contributed by atoms with Crippen molar-refractivity contribution in [3.05, 3.63) is 90.5 Å². The van der Waals surface area contributed by atoms with Gasteiger partial charge in [0, 0.05) is 60.5 Å². The SMILES string of the molecule is Cc1cccc(-c2[nH]cnc2-c2ccc3ncc(-c4ccc(CN5CCCC(C(=O)OCC6CNC6)C5)cc4)cc3c2)n1. The first-order valence-corrected chi connectivity index (χ1v) is 15.2. The van der Waals surface area contributed by atoms with Gasteiger partial charge in [0.25, 0.3) is 0 Å². The van der Waals surface area contributed by atoms with Crippen molar-refractivity contribution in [1.29, 1.82) is 0 Å². The normalized spacial score (nSPS) is 17.6. The third kappa shape index (κ3) is 6.07. The highest BCUT2D eigenvalue weighted by molar-refractivity contribution is 5.89. The van der Waals surface area contributed by atoms with Crippen LogP contribution in [-0.4, -0.2) is 63.6 Å². The molecule has 43 heavy (non-hydrogen) atoms. The van der Waals surface area contributed by atoms with Crippen molar-refractivity contribution in [2.45, 2.75) is 26.3 Å². The topological polar surface area (TPSA) is 96.0 Å². The molecule has 2 aliphatic rings. The Morgan fingerprint density at radius 2 is 1.84 bits per heavy atom. The number of aromatic amines is 1. The molecular formula is C35H36N6O2. The van der Waals surface area contributed by atoms with Crippen LogP contribution in [0.5, 0.6) is 0 Å². The number of esters is 1. The van der Waals surface area contributed by atoms with Crippen molar-refractivity contribution < 1.29 is 9.53 Å². The molecule has 3 aromatic heterocycles. The van der Waals surface area contributed by atoms with Crippen molar-refractivity contribution in [1.82, 2.24) is 30.2 Å². The lowest BCUT2D eigenvalue weighted by Crippen LogP contribution is -2.45. The van der Waals surface area contributed by atoms with Crippen molar-refractivity contribution in [2.24, 2.45) is 11.8 Å². The summed E-state index contributed by atoms with van der Waals surface area (Å²) < 4.78 is 5.62. The second kappa shape index (κ2) is 12.1. The summed E-state index contributed by atoms with van der Waals surface area (Å²) in [6.07, 6.45) is 5.60. The lowest BCUT2D eigenvalue weighted by atomic mass is 9.97. The van der Waals surface area contributed by atoms with Gasteiger partial charge in [-0.1, -0.05) is 36.4 Å². The summed E-state index contributed by atoms with van der Waals surface area (Å²) in [5.41, 5.74) is 9.02. The molecule has 218 valence electrons. The maximum absolute atomic E-state index is 12.6. The van der Waals surface area contributed by atoms with Gasteiger partial charge in [-0.05, 0) is 67.8 Å². The minimum atomic E-state index is -0.0331. The van der Waals surface area contributed by atoms with E-state index in [1.54, 1.807) is 6.33 Å². The number of aryl methyl sites for hydroxylation is 1. The van der Waals surface area contributed by atoms with Gasteiger partial charge in [0.15, 0.2) is 0 Å². The first-order valence-electron chi connectivity index (χ1n) is 15.2. The molecule has 0 amide bonds. The van der Waals surface area contributed by atoms with E-state index in [0.29, 0.717) is 12.5 Å². The number of H-pyrrole nitrogens is 1. The van der Waals surface area contributed by atoms with E-state index in [2.05, 4.69) is 67.6 Å². The zero-order valence-corrected chi connectivity index (χ0v) is 24.4. The van der Waals surface area contributed by atoms with Crippen LogP contribution in [0.15, 0.2) is 79.3 Å². The zero-order chi connectivity index (χ0) is 29.2. The van der Waals surface area contributed by atoms with E-state index >= 15 is 0 Å². The van der Waals surface area contributed by atoms with Gasteiger partial charge < -0.3 is 15.0 Å². The molecule has 2 aromatic carbocycles. The van der Waals surface area contributed by atoms with E-state index in [4.69, 9.17) is 9.72 Å². The number of piperidine rings is 1. The number of likely N-dealkylation sites (tertiary alicyclic amines) is 1. The van der Waals surface area contributed by atoms with Gasteiger partial charge >= 0.3 is 5.97 Å². The quantitative estimate of drug-likeness (QED) is 0.233. The Labute approximate surface area is 251 Å². The molecule has 1 unspecified atom stereocenters. The number of carbonyl (C=O) groups excluding carboxylic acids is 1. The standard InChI is InChI=1S/C35H36N6O2/c1-23-4-2-6-32(40-23)34-33(38-22-39-34)27-11-12-31-29(14-27)15-30(18-37-31)26-9-7-24(8-10-26)19-41-13-3-5-28(20-41)35(42)43-21-25-16-36-17-25/h2,4,6-12,14-15,18,22,25,28,36H,3,5,13,16-17,19-21H2,1H3,(H,38,39). The molecule has 8 heteroatoms. The fourth-order valence-electron chi connectivity index (χ4n) is 6.06. The zero-order valence-electron chi connectivity index (χ0n) is 24.4. The van der Waals surface area contributed by atoms with Crippen molar-refractivity contribution in [3.63, 3.8) is 0 Å². The summed E-state index contributed by atoms with van der Waals surface area (Å²) >= 11 is 0. The molecule has 2 N–H and O–H groups in total. The van der Waals surface area contributed by atoms with E-state index in [9.17, 15) is 4.79 Å². The second-order valence-electron chi connectivity index (χ2n) is 11.8. The third-order valence-corrected chi connectivity index (χ3v) is 8.60. The average Bonchev–Trinajstić information content (AvgIpc) is 3.51. The number of ether oxygens (including phenoxy) is 1. The molecule has 0 radical (unpaired) electrons. The smallest absolute Gasteiger partial charge is 0.310 e. The van der Waals surface area contributed by atoms with Crippen LogP contribution in [0.2, 0.25) is 0 Å². The first-order chi connectivity index (χ1) is 21.1. The number of carbonyl (C=O) groups is 1. The number of pyridine rings is 2. The minimum absolute atomic E-state index is 0.0276. The molecule has 2 saturated heterocycles. The molecule has 5 aromatic rings. The molecule has 0 saturated carbocycles. The highest BCUT2D eigenvalue weighted by atomic mass is 16.5. The van der Waals surface area contributed by atoms with Gasteiger partial charge in [0.1, 0.15) is 0 Å². The van der Waals surface area contributed by atoms with Gasteiger partial charge in [-0.15, -0.1) is 0 Å². The average molecular weight is 573 g/mol. The number of fused-ring (bicyclic) bond motifs is 1. The lowest BCUT2D eigenvalue weighted by Gasteiger charge is -2.32. The molecule has 0 aliphatic carbocycles. The van der Waals surface area contributed by atoms with Gasteiger partial charge in [-0.2, -0.15) is 0 Å². The third-order valence-electron chi connectivity index (χ3n) is 8.60. The number of hydrogen-bond acceptors (Lipinski definition) is 7. The van der Waals surface area contributed by atoms with Crippen LogP contribution in [-0.2, 0) is 16.1 Å². The predicted octanol–water partition coefficient (Wildman–Crippen LogP) is 5.64. The Hall–Kier alpha value is -4.40. The van der Waals surface area contributed by atoms with Crippen LogP contribution in [0.25, 0.3) is 44.7 Å². The summed E-state index contributed by atoms with van der Waals surface area (Å²) in [5.74, 6) is 0.419. The Morgan fingerprint density at radius 3 is 2.65 bits per heavy atom. The Kier molecular flexibility index (Phi) is 7.70. The van der Waals surface area contributed by atoms with Crippen LogP contribution in [0.3, 0.4) is 0 Å². The highest BCUT2D eigenvalue weighted by Gasteiger charge is 2.28. The molecule has 2 fully saturated rings. The number of benzene rings is 2. The second-order valence-corrected chi connectivity index (χ2v) is 11.8. The maximum atomic E-state index is 12.6. The maximum Gasteiger partial charge on any atom is 0.310 e. The minimum Gasteiger partial charge on any atom is -0.465 e. The molecule has 5 heterocycles. The number of rotatable bonds is 8. The summed E-state index contributed by atoms with van der Waals surface area (Å²) in [7, 11) is 0. The van der Waals surface area contributed by atoms with Crippen LogP contribution in [0.1, 0.15) is 24.1 Å². The van der Waals surface area contributed by atoms with Crippen molar-refractivity contribution in [3.8, 4) is 33.8 Å². The molecule has 8 nitrogen and oxygen atoms in total. The highest BCUT2D eigenvalue weighted by Crippen LogP contribution is 2.31. The molecule has 7 rings (SSSR count). The Balaban J connectivity index is 1.04. The number of hydrogen-bond donors (Lipinski definition) is 2. The van der Waals surface area contributed by atoms with Crippen molar-refractivity contribution in [2.75, 3.05) is 32.8 Å². The van der Waals surface area contributed by atoms with E-state index < -0.39 is 0 Å². The van der Waals surface area contributed by atoms with Crippen LogP contribution in [0, 0.1) is 18.8 Å². The number of nitrogens with zero attached hydrogens (tertiary/aromatic N) is 4. The van der Waals surface area contributed by atoms with E-state index in [-0.39, 0.29) is 11.9 Å². The van der Waals surface area contributed by atoms with E-state index in [1.165, 1.54) is 5.56 Å². The van der Waals surface area contributed by atoms with Crippen LogP contribution < -0.4 is 5.32 Å². The summed E-state index contributed by atoms with van der Waals surface area (Å²) in [6, 6.07) is 23.2. The van der Waals surface area contributed by atoms with Crippen LogP contribution in [0.4, 0.5) is 0 Å². The molecule has 1 atom stereocenters. The Morgan fingerprint density at radius 1 is 1.00 bits per heavy atom. The Bertz CT molecular complexity index is 1740. The lowest BCUT2D eigenvalue weighted by molar-refractivity contribution is -0.152. The van der Waals surface area contributed by atoms with E-state index in [0.717, 1.165) is 95.9 Å². The molecule has 2 aliphatic heterocycles. The summed E-state index contributed by atoms with van der Waals surface area (Å²) in [6.45, 7) is 7.04. The molecule has 0 bridgehead atoms. The number of nitrogens with one attached hydrogen (secondary N) is 2. The monoisotopic (exact) mass is 572 g/mol. The summed E-state index contributed by atoms with van der Waals surface area (Å²) in [5, 5.41) is 4.29. The van der Waals surface area contributed by atoms with Gasteiger partial charge in [-0.3, -0.25) is 19.7 Å². The first kappa shape index (κ1) is 27.4. The van der Waals surface area contributed by atoms with Gasteiger partial charge in [0.2, 0.25) is 0 Å². The predicted molar refractivity (Wildman–Crippen MR) is 168 cm³/mol. The number of imidazole rings is 1. The fourth-order valence-corrected chi connectivity index (χ4v) is 6.06. The summed E-state index contributed by atoms with van der Waals surface area (Å²) in [4.78, 5) is 32.3. The van der Waals surface area contributed by atoms with Crippen molar-refractivity contribution >= 4 is 16.9 Å². The van der Waals surface area contributed by atoms with Gasteiger partial charge in [0.05, 0.1) is 41.5 Å². The number of aromatic nitrogens is 4. The largest absolute Gasteiger partial charge is 0.465 e. The van der Waals surface area contributed by atoms with Crippen LogP contribution >= 0.6 is 0 Å². The van der Waals surface area contributed by atoms with E-state index in [1.807, 2.05) is 37.4 Å².